The molecule has 2 atom stereocenters. The summed E-state index contributed by atoms with van der Waals surface area (Å²) in [6.07, 6.45) is 7.46. The average Bonchev–Trinajstić information content (AvgIpc) is 2.94. The first-order valence-electron chi connectivity index (χ1n) is 12.9. The van der Waals surface area contributed by atoms with Crippen LogP contribution < -0.4 is 18.9 Å². The minimum absolute atomic E-state index is 0.496. The summed E-state index contributed by atoms with van der Waals surface area (Å²) in [5.41, 5.74) is 4.93. The van der Waals surface area contributed by atoms with Gasteiger partial charge in [-0.1, -0.05) is 43.2 Å². The molecule has 4 aromatic rings. The van der Waals surface area contributed by atoms with Gasteiger partial charge in [0.05, 0.1) is 26.8 Å². The Morgan fingerprint density at radius 1 is 0.722 bits per heavy atom. The maximum Gasteiger partial charge on any atom is 0.257 e. The Hall–Kier alpha value is -3.47. The van der Waals surface area contributed by atoms with E-state index in [9.17, 15) is 0 Å². The Morgan fingerprint density at radius 2 is 1.39 bits per heavy atom. The average molecular weight is 484 g/mol. The molecule has 5 nitrogen and oxygen atoms in total. The van der Waals surface area contributed by atoms with E-state index in [2.05, 4.69) is 30.3 Å². The van der Waals surface area contributed by atoms with Gasteiger partial charge in [0.1, 0.15) is 6.61 Å². The molecule has 36 heavy (non-hydrogen) atoms. The Morgan fingerprint density at radius 3 is 2.08 bits per heavy atom. The van der Waals surface area contributed by atoms with Crippen LogP contribution in [0.25, 0.3) is 21.7 Å². The van der Waals surface area contributed by atoms with Crippen LogP contribution in [0.4, 0.5) is 0 Å². The zero-order valence-electron chi connectivity index (χ0n) is 21.3. The second-order valence-electron chi connectivity index (χ2n) is 10.1. The molecule has 186 valence electrons. The van der Waals surface area contributed by atoms with Crippen molar-refractivity contribution >= 4 is 21.7 Å². The molecule has 0 bridgehead atoms. The topological polar surface area (TPSA) is 49.8 Å². The Kier molecular flexibility index (Phi) is 6.08. The fourth-order valence-electron chi connectivity index (χ4n) is 6.35. The molecule has 0 N–H and O–H groups in total. The lowest BCUT2D eigenvalue weighted by Gasteiger charge is -2.37. The molecule has 1 heterocycles. The summed E-state index contributed by atoms with van der Waals surface area (Å²) in [5, 5.41) is 3.43. The third-order valence-corrected chi connectivity index (χ3v) is 8.17. The van der Waals surface area contributed by atoms with Crippen LogP contribution in [-0.2, 0) is 19.4 Å². The quantitative estimate of drug-likeness (QED) is 0.279. The molecule has 2 unspecified atom stereocenters. The number of rotatable bonds is 6. The normalized spacial score (nSPS) is 19.0. The molecule has 6 rings (SSSR count). The maximum absolute atomic E-state index is 6.33. The third kappa shape index (κ3) is 3.91. The van der Waals surface area contributed by atoms with Crippen molar-refractivity contribution < 1.29 is 18.9 Å². The lowest BCUT2D eigenvalue weighted by molar-refractivity contribution is 0.222. The predicted octanol–water partition coefficient (Wildman–Crippen LogP) is 6.90. The Bertz CT molecular complexity index is 1420. The summed E-state index contributed by atoms with van der Waals surface area (Å²) in [6, 6.07) is 16.6. The van der Waals surface area contributed by atoms with Crippen LogP contribution >= 0.6 is 0 Å². The summed E-state index contributed by atoms with van der Waals surface area (Å²) in [4.78, 5) is 5.00. The number of pyridine rings is 1. The van der Waals surface area contributed by atoms with Crippen LogP contribution in [0, 0.1) is 11.8 Å². The van der Waals surface area contributed by atoms with E-state index in [1.807, 2.05) is 18.2 Å². The number of aromatic nitrogens is 1. The van der Waals surface area contributed by atoms with Crippen LogP contribution in [0.2, 0.25) is 0 Å². The molecule has 2 aliphatic rings. The lowest BCUT2D eigenvalue weighted by atomic mass is 9.67. The first-order chi connectivity index (χ1) is 17.7. The van der Waals surface area contributed by atoms with Gasteiger partial charge in [-0.25, -0.2) is 4.98 Å². The number of ether oxygens (including phenoxy) is 4. The zero-order valence-corrected chi connectivity index (χ0v) is 21.3. The highest BCUT2D eigenvalue weighted by Gasteiger charge is 2.34. The molecular weight excluding hydrogens is 450 g/mol. The molecule has 0 saturated heterocycles. The van der Waals surface area contributed by atoms with E-state index >= 15 is 0 Å². The second kappa shape index (κ2) is 9.53. The molecular formula is C31H33NO4. The predicted molar refractivity (Wildman–Crippen MR) is 143 cm³/mol. The minimum Gasteiger partial charge on any atom is -0.493 e. The van der Waals surface area contributed by atoms with Crippen molar-refractivity contribution in [2.75, 3.05) is 21.3 Å². The summed E-state index contributed by atoms with van der Waals surface area (Å²) in [5.74, 6) is 4.14. The van der Waals surface area contributed by atoms with Crippen LogP contribution in [0.1, 0.15) is 42.4 Å². The van der Waals surface area contributed by atoms with Gasteiger partial charge >= 0.3 is 0 Å². The fraction of sp³-hybridized carbons (Fsp3) is 0.387. The molecule has 0 radical (unpaired) electrons. The number of fused-ring (bicyclic) bond motifs is 7. The van der Waals surface area contributed by atoms with E-state index in [1.54, 1.807) is 21.3 Å². The summed E-state index contributed by atoms with van der Waals surface area (Å²) in [7, 11) is 5.01. The van der Waals surface area contributed by atoms with E-state index in [1.165, 1.54) is 42.2 Å². The van der Waals surface area contributed by atoms with Gasteiger partial charge in [-0.05, 0) is 83.2 Å². The largest absolute Gasteiger partial charge is 0.493 e. The van der Waals surface area contributed by atoms with E-state index in [0.29, 0.717) is 18.2 Å². The van der Waals surface area contributed by atoms with Gasteiger partial charge in [0, 0.05) is 5.39 Å². The lowest BCUT2D eigenvalue weighted by Crippen LogP contribution is -2.28. The maximum atomic E-state index is 6.33. The van der Waals surface area contributed by atoms with Gasteiger partial charge in [0.2, 0.25) is 0 Å². The number of hydrogen-bond donors (Lipinski definition) is 0. The molecule has 2 aliphatic carbocycles. The highest BCUT2D eigenvalue weighted by Crippen LogP contribution is 2.48. The second-order valence-corrected chi connectivity index (χ2v) is 10.1. The molecule has 1 saturated carbocycles. The van der Waals surface area contributed by atoms with E-state index in [0.717, 1.165) is 58.0 Å². The van der Waals surface area contributed by atoms with Crippen molar-refractivity contribution in [2.45, 2.75) is 45.1 Å². The molecule has 5 heteroatoms. The number of nitrogens with zero attached hydrogens (tertiary/aromatic N) is 1. The van der Waals surface area contributed by atoms with Crippen molar-refractivity contribution in [1.82, 2.24) is 4.98 Å². The number of benzene rings is 3. The molecule has 0 spiro atoms. The van der Waals surface area contributed by atoms with Gasteiger partial charge in [-0.2, -0.15) is 0 Å². The van der Waals surface area contributed by atoms with Crippen LogP contribution in [-0.4, -0.2) is 26.3 Å². The first-order valence-corrected chi connectivity index (χ1v) is 12.9. The number of hydrogen-bond acceptors (Lipinski definition) is 5. The SMILES string of the molecule is COc1cc2c(cc1OCc1ccccc1)c1c(c3nc(OC)c(OC)cc32)CC2CCCCC2C1. The summed E-state index contributed by atoms with van der Waals surface area (Å²) in [6.45, 7) is 0.496. The Balaban J connectivity index is 1.57. The van der Waals surface area contributed by atoms with Crippen LogP contribution in [0.3, 0.4) is 0 Å². The van der Waals surface area contributed by atoms with Crippen molar-refractivity contribution in [3.05, 3.63) is 65.2 Å². The van der Waals surface area contributed by atoms with Crippen molar-refractivity contribution in [3.8, 4) is 23.1 Å². The highest BCUT2D eigenvalue weighted by molar-refractivity contribution is 6.11. The van der Waals surface area contributed by atoms with Gasteiger partial charge in [-0.15, -0.1) is 0 Å². The van der Waals surface area contributed by atoms with Crippen molar-refractivity contribution in [3.63, 3.8) is 0 Å². The summed E-state index contributed by atoms with van der Waals surface area (Å²) < 4.78 is 23.4. The first kappa shape index (κ1) is 23.0. The standard InChI is InChI=1S/C31H33NO4/c1-33-27-15-24-23(16-28(27)36-18-19-9-5-4-6-10-19)22-13-20-11-7-8-12-21(20)14-25(22)30-26(24)17-29(34-2)31(32-30)35-3/h4-6,9-10,15-17,20-21H,7-8,11-14,18H2,1-3H3. The molecule has 0 aliphatic heterocycles. The van der Waals surface area contributed by atoms with Crippen molar-refractivity contribution in [1.29, 1.82) is 0 Å². The van der Waals surface area contributed by atoms with E-state index in [4.69, 9.17) is 23.9 Å². The van der Waals surface area contributed by atoms with Gasteiger partial charge in [0.25, 0.3) is 5.88 Å². The van der Waals surface area contributed by atoms with Crippen LogP contribution in [0.5, 0.6) is 23.1 Å². The van der Waals surface area contributed by atoms with E-state index < -0.39 is 0 Å². The number of methoxy groups -OCH3 is 3. The smallest absolute Gasteiger partial charge is 0.257 e. The van der Waals surface area contributed by atoms with Gasteiger partial charge < -0.3 is 18.9 Å². The van der Waals surface area contributed by atoms with Gasteiger partial charge in [0.15, 0.2) is 17.2 Å². The van der Waals surface area contributed by atoms with Crippen molar-refractivity contribution in [2.24, 2.45) is 11.8 Å². The Labute approximate surface area is 212 Å². The minimum atomic E-state index is 0.496. The molecule has 1 fully saturated rings. The van der Waals surface area contributed by atoms with Gasteiger partial charge in [-0.3, -0.25) is 0 Å². The van der Waals surface area contributed by atoms with E-state index in [-0.39, 0.29) is 0 Å². The molecule has 1 aromatic heterocycles. The van der Waals surface area contributed by atoms with Crippen LogP contribution in [0.15, 0.2) is 48.5 Å². The monoisotopic (exact) mass is 483 g/mol. The molecule has 3 aromatic carbocycles. The highest BCUT2D eigenvalue weighted by atomic mass is 16.5. The third-order valence-electron chi connectivity index (χ3n) is 8.17. The fourth-order valence-corrected chi connectivity index (χ4v) is 6.35. The zero-order chi connectivity index (χ0) is 24.6. The summed E-state index contributed by atoms with van der Waals surface area (Å²) >= 11 is 0. The molecule has 0 amide bonds.